The SMILES string of the molecule is COc1cccc(CNC(=O)/C(C#N)=C/c2c[nH]c3ncccc23)c1. The van der Waals surface area contributed by atoms with Gasteiger partial charge in [0.2, 0.25) is 0 Å². The molecule has 25 heavy (non-hydrogen) atoms. The van der Waals surface area contributed by atoms with E-state index in [4.69, 9.17) is 4.74 Å². The number of carbonyl (C=O) groups is 1. The van der Waals surface area contributed by atoms with E-state index in [1.807, 2.05) is 42.5 Å². The maximum atomic E-state index is 12.3. The summed E-state index contributed by atoms with van der Waals surface area (Å²) in [6.07, 6.45) is 4.96. The van der Waals surface area contributed by atoms with E-state index in [-0.39, 0.29) is 5.57 Å². The molecule has 6 nitrogen and oxygen atoms in total. The Morgan fingerprint density at radius 3 is 3.08 bits per heavy atom. The molecule has 0 aliphatic heterocycles. The Balaban J connectivity index is 1.76. The van der Waals surface area contributed by atoms with Crippen molar-refractivity contribution in [1.29, 1.82) is 5.26 Å². The third-order valence-corrected chi connectivity index (χ3v) is 3.74. The van der Waals surface area contributed by atoms with E-state index in [1.165, 1.54) is 0 Å². The number of ether oxygens (including phenoxy) is 1. The van der Waals surface area contributed by atoms with Crippen LogP contribution in [0, 0.1) is 11.3 Å². The molecule has 0 atom stereocenters. The summed E-state index contributed by atoms with van der Waals surface area (Å²) in [5.74, 6) is 0.289. The Morgan fingerprint density at radius 2 is 2.28 bits per heavy atom. The van der Waals surface area contributed by atoms with Crippen LogP contribution in [0.15, 0.2) is 54.4 Å². The summed E-state index contributed by atoms with van der Waals surface area (Å²) in [5.41, 5.74) is 2.38. The number of methoxy groups -OCH3 is 1. The molecule has 0 bridgehead atoms. The number of hydrogen-bond acceptors (Lipinski definition) is 4. The number of pyridine rings is 1. The molecule has 1 amide bonds. The number of nitrogens with one attached hydrogen (secondary N) is 2. The first-order valence-electron chi connectivity index (χ1n) is 7.66. The Bertz CT molecular complexity index is 982. The van der Waals surface area contributed by atoms with Gasteiger partial charge in [-0.15, -0.1) is 0 Å². The minimum atomic E-state index is -0.427. The van der Waals surface area contributed by atoms with Crippen molar-refractivity contribution in [3.05, 3.63) is 65.5 Å². The van der Waals surface area contributed by atoms with Gasteiger partial charge in [0, 0.05) is 29.9 Å². The zero-order valence-electron chi connectivity index (χ0n) is 13.6. The van der Waals surface area contributed by atoms with E-state index in [9.17, 15) is 10.1 Å². The molecule has 0 fully saturated rings. The third kappa shape index (κ3) is 3.67. The van der Waals surface area contributed by atoms with Crippen LogP contribution in [0.25, 0.3) is 17.1 Å². The van der Waals surface area contributed by atoms with Crippen LogP contribution in [-0.4, -0.2) is 23.0 Å². The van der Waals surface area contributed by atoms with Gasteiger partial charge in [-0.25, -0.2) is 4.98 Å². The average molecular weight is 332 g/mol. The Morgan fingerprint density at radius 1 is 1.40 bits per heavy atom. The highest BCUT2D eigenvalue weighted by Crippen LogP contribution is 2.18. The van der Waals surface area contributed by atoms with Gasteiger partial charge in [0.15, 0.2) is 0 Å². The van der Waals surface area contributed by atoms with Crippen molar-refractivity contribution in [2.24, 2.45) is 0 Å². The Kier molecular flexibility index (Phi) is 4.77. The lowest BCUT2D eigenvalue weighted by atomic mass is 10.1. The first-order chi connectivity index (χ1) is 12.2. The summed E-state index contributed by atoms with van der Waals surface area (Å²) in [5, 5.41) is 12.9. The molecule has 0 aliphatic rings. The average Bonchev–Trinajstić information content (AvgIpc) is 3.07. The van der Waals surface area contributed by atoms with Gasteiger partial charge in [-0.2, -0.15) is 5.26 Å². The minimum absolute atomic E-state index is 0.0349. The van der Waals surface area contributed by atoms with Gasteiger partial charge >= 0.3 is 0 Å². The molecule has 0 saturated heterocycles. The van der Waals surface area contributed by atoms with Crippen molar-refractivity contribution in [2.45, 2.75) is 6.54 Å². The Hall–Kier alpha value is -3.59. The zero-order chi connectivity index (χ0) is 17.6. The fourth-order valence-corrected chi connectivity index (χ4v) is 2.46. The van der Waals surface area contributed by atoms with E-state index in [1.54, 1.807) is 25.6 Å². The highest BCUT2D eigenvalue weighted by Gasteiger charge is 2.11. The molecule has 2 N–H and O–H groups in total. The quantitative estimate of drug-likeness (QED) is 0.555. The molecule has 0 saturated carbocycles. The summed E-state index contributed by atoms with van der Waals surface area (Å²) in [6.45, 7) is 0.310. The zero-order valence-corrected chi connectivity index (χ0v) is 13.6. The van der Waals surface area contributed by atoms with Crippen LogP contribution in [0.5, 0.6) is 5.75 Å². The second kappa shape index (κ2) is 7.32. The molecular weight excluding hydrogens is 316 g/mol. The number of nitrogens with zero attached hydrogens (tertiary/aromatic N) is 2. The van der Waals surface area contributed by atoms with Crippen molar-refractivity contribution < 1.29 is 9.53 Å². The monoisotopic (exact) mass is 332 g/mol. The van der Waals surface area contributed by atoms with E-state index >= 15 is 0 Å². The second-order valence-corrected chi connectivity index (χ2v) is 5.35. The molecule has 0 spiro atoms. The molecule has 0 radical (unpaired) electrons. The van der Waals surface area contributed by atoms with Crippen LogP contribution in [0.2, 0.25) is 0 Å². The number of amides is 1. The predicted octanol–water partition coefficient (Wildman–Crippen LogP) is 2.79. The van der Waals surface area contributed by atoms with Crippen molar-refractivity contribution >= 4 is 23.0 Å². The molecule has 0 aliphatic carbocycles. The van der Waals surface area contributed by atoms with Crippen molar-refractivity contribution in [3.8, 4) is 11.8 Å². The molecule has 1 aromatic carbocycles. The lowest BCUT2D eigenvalue weighted by molar-refractivity contribution is -0.117. The van der Waals surface area contributed by atoms with Gasteiger partial charge in [-0.05, 0) is 35.9 Å². The van der Waals surface area contributed by atoms with Gasteiger partial charge in [0.05, 0.1) is 7.11 Å². The lowest BCUT2D eigenvalue weighted by Crippen LogP contribution is -2.23. The van der Waals surface area contributed by atoms with Gasteiger partial charge in [0.1, 0.15) is 23.0 Å². The summed E-state index contributed by atoms with van der Waals surface area (Å²) >= 11 is 0. The number of fused-ring (bicyclic) bond motifs is 1. The number of nitriles is 1. The Labute approximate surface area is 144 Å². The molecule has 2 heterocycles. The fraction of sp³-hybridized carbons (Fsp3) is 0.105. The van der Waals surface area contributed by atoms with E-state index < -0.39 is 5.91 Å². The van der Waals surface area contributed by atoms with Crippen molar-refractivity contribution in [2.75, 3.05) is 7.11 Å². The van der Waals surface area contributed by atoms with Crippen molar-refractivity contribution in [1.82, 2.24) is 15.3 Å². The number of benzene rings is 1. The molecule has 0 unspecified atom stereocenters. The maximum Gasteiger partial charge on any atom is 0.262 e. The fourth-order valence-electron chi connectivity index (χ4n) is 2.46. The van der Waals surface area contributed by atoms with E-state index in [0.717, 1.165) is 16.5 Å². The number of hydrogen-bond donors (Lipinski definition) is 2. The first-order valence-corrected chi connectivity index (χ1v) is 7.66. The molecule has 6 heteroatoms. The smallest absolute Gasteiger partial charge is 0.262 e. The number of aromatic nitrogens is 2. The van der Waals surface area contributed by atoms with Crippen LogP contribution in [0.4, 0.5) is 0 Å². The van der Waals surface area contributed by atoms with Gasteiger partial charge in [-0.3, -0.25) is 4.79 Å². The van der Waals surface area contributed by atoms with E-state index in [0.29, 0.717) is 17.9 Å². The van der Waals surface area contributed by atoms with Crippen LogP contribution >= 0.6 is 0 Å². The number of carbonyl (C=O) groups excluding carboxylic acids is 1. The van der Waals surface area contributed by atoms with Gasteiger partial charge < -0.3 is 15.0 Å². The van der Waals surface area contributed by atoms with Crippen molar-refractivity contribution in [3.63, 3.8) is 0 Å². The largest absolute Gasteiger partial charge is 0.497 e. The topological polar surface area (TPSA) is 90.8 Å². The van der Waals surface area contributed by atoms with Crippen LogP contribution in [0.3, 0.4) is 0 Å². The van der Waals surface area contributed by atoms with E-state index in [2.05, 4.69) is 15.3 Å². The molecule has 3 aromatic rings. The molecule has 124 valence electrons. The molecule has 3 rings (SSSR count). The van der Waals surface area contributed by atoms with Crippen LogP contribution in [-0.2, 0) is 11.3 Å². The standard InChI is InChI=1S/C19H16N4O2/c1-25-16-5-2-4-13(8-16)11-23-19(24)14(10-20)9-15-12-22-18-17(15)6-3-7-21-18/h2-9,12H,11H2,1H3,(H,21,22)(H,23,24)/b14-9+. The second-order valence-electron chi connectivity index (χ2n) is 5.35. The highest BCUT2D eigenvalue weighted by molar-refractivity contribution is 6.03. The van der Waals surface area contributed by atoms with Crippen LogP contribution in [0.1, 0.15) is 11.1 Å². The van der Waals surface area contributed by atoms with Gasteiger partial charge in [-0.1, -0.05) is 12.1 Å². The number of aromatic amines is 1. The predicted molar refractivity (Wildman–Crippen MR) is 94.5 cm³/mol. The summed E-state index contributed by atoms with van der Waals surface area (Å²) in [4.78, 5) is 19.5. The minimum Gasteiger partial charge on any atom is -0.497 e. The number of rotatable bonds is 5. The lowest BCUT2D eigenvalue weighted by Gasteiger charge is -2.06. The maximum absolute atomic E-state index is 12.3. The third-order valence-electron chi connectivity index (χ3n) is 3.74. The summed E-state index contributed by atoms with van der Waals surface area (Å²) in [6, 6.07) is 13.0. The number of H-pyrrole nitrogens is 1. The van der Waals surface area contributed by atoms with Gasteiger partial charge in [0.25, 0.3) is 5.91 Å². The van der Waals surface area contributed by atoms with Crippen LogP contribution < -0.4 is 10.1 Å². The first kappa shape index (κ1) is 16.3. The summed E-state index contributed by atoms with van der Waals surface area (Å²) in [7, 11) is 1.59. The molecular formula is C19H16N4O2. The summed E-state index contributed by atoms with van der Waals surface area (Å²) < 4.78 is 5.16. The highest BCUT2D eigenvalue weighted by atomic mass is 16.5. The normalized spacial score (nSPS) is 11.1. The molecule has 2 aromatic heterocycles.